The molecule has 94 valence electrons. The molecule has 0 amide bonds. The highest BCUT2D eigenvalue weighted by molar-refractivity contribution is 6.29. The maximum atomic E-state index is 12.7. The van der Waals surface area contributed by atoms with Crippen LogP contribution < -0.4 is 0 Å². The number of pyridine rings is 2. The maximum Gasteiger partial charge on any atom is 0.434 e. The molecule has 2 aromatic heterocycles. The summed E-state index contributed by atoms with van der Waals surface area (Å²) in [5.41, 5.74) is -2.66. The molecule has 1 N–H and O–H groups in total. The number of aromatic nitrogens is 2. The van der Waals surface area contributed by atoms with Crippen molar-refractivity contribution in [1.29, 1.82) is 0 Å². The summed E-state index contributed by atoms with van der Waals surface area (Å²) in [6.45, 7) is 0. The topological polar surface area (TPSA) is 63.1 Å². The third kappa shape index (κ3) is 2.21. The fourth-order valence-corrected chi connectivity index (χ4v) is 1.55. The smallest absolute Gasteiger partial charge is 0.434 e. The molecule has 0 aromatic carbocycles. The molecular weight excluding hydrogens is 273 g/mol. The number of hydrogen-bond donors (Lipinski definition) is 1. The minimum absolute atomic E-state index is 0.0220. The van der Waals surface area contributed by atoms with Crippen LogP contribution in [0.1, 0.15) is 16.1 Å². The number of nitrogens with zero attached hydrogens (tertiary/aromatic N) is 2. The van der Waals surface area contributed by atoms with Gasteiger partial charge in [-0.2, -0.15) is 13.2 Å². The summed E-state index contributed by atoms with van der Waals surface area (Å²) in [6.07, 6.45) is -4.87. The van der Waals surface area contributed by atoms with Crippen LogP contribution in [0, 0.1) is 0 Å². The predicted octanol–water partition coefficient (Wildman–Crippen LogP) is 3.00. The Morgan fingerprint density at radius 2 is 1.94 bits per heavy atom. The van der Waals surface area contributed by atoms with Crippen molar-refractivity contribution < 1.29 is 23.1 Å². The Morgan fingerprint density at radius 1 is 1.28 bits per heavy atom. The van der Waals surface area contributed by atoms with Crippen LogP contribution in [0.2, 0.25) is 5.15 Å². The third-order valence-electron chi connectivity index (χ3n) is 2.14. The minimum Gasteiger partial charge on any atom is -0.478 e. The van der Waals surface area contributed by atoms with E-state index in [9.17, 15) is 18.0 Å². The largest absolute Gasteiger partial charge is 0.478 e. The molecule has 0 radical (unpaired) electrons. The van der Waals surface area contributed by atoms with E-state index in [1.165, 1.54) is 12.1 Å². The lowest BCUT2D eigenvalue weighted by atomic mass is 10.1. The second-order valence-corrected chi connectivity index (χ2v) is 3.76. The van der Waals surface area contributed by atoms with Crippen LogP contribution in [0.4, 0.5) is 13.2 Å². The zero-order valence-electron chi connectivity index (χ0n) is 8.49. The van der Waals surface area contributed by atoms with Gasteiger partial charge in [-0.1, -0.05) is 11.6 Å². The molecule has 0 aliphatic heterocycles. The first kappa shape index (κ1) is 12.6. The Balaban J connectivity index is 2.81. The van der Waals surface area contributed by atoms with Crippen molar-refractivity contribution in [2.45, 2.75) is 6.18 Å². The Bertz CT molecular complexity index is 643. The molecule has 0 saturated carbocycles. The second-order valence-electron chi connectivity index (χ2n) is 3.37. The van der Waals surface area contributed by atoms with Crippen molar-refractivity contribution in [3.63, 3.8) is 0 Å². The second kappa shape index (κ2) is 4.09. The summed E-state index contributed by atoms with van der Waals surface area (Å²) in [4.78, 5) is 17.6. The van der Waals surface area contributed by atoms with Gasteiger partial charge in [-0.3, -0.25) is 0 Å². The van der Waals surface area contributed by atoms with E-state index < -0.39 is 23.4 Å². The molecule has 18 heavy (non-hydrogen) atoms. The van der Waals surface area contributed by atoms with Crippen molar-refractivity contribution in [3.8, 4) is 0 Å². The third-order valence-corrected chi connectivity index (χ3v) is 2.35. The van der Waals surface area contributed by atoms with Crippen LogP contribution in [0.5, 0.6) is 0 Å². The fraction of sp³-hybridized carbons (Fsp3) is 0.100. The zero-order valence-corrected chi connectivity index (χ0v) is 9.25. The first-order valence-corrected chi connectivity index (χ1v) is 4.94. The molecule has 2 aromatic rings. The van der Waals surface area contributed by atoms with E-state index in [1.54, 1.807) is 0 Å². The van der Waals surface area contributed by atoms with E-state index in [-0.39, 0.29) is 16.2 Å². The van der Waals surface area contributed by atoms with Gasteiger partial charge in [-0.15, -0.1) is 0 Å². The molecule has 0 fully saturated rings. The summed E-state index contributed by atoms with van der Waals surface area (Å²) >= 11 is 5.54. The maximum absolute atomic E-state index is 12.7. The van der Waals surface area contributed by atoms with Crippen molar-refractivity contribution in [2.75, 3.05) is 0 Å². The van der Waals surface area contributed by atoms with E-state index in [2.05, 4.69) is 9.97 Å². The highest BCUT2D eigenvalue weighted by Gasteiger charge is 2.37. The Hall–Kier alpha value is -1.89. The van der Waals surface area contributed by atoms with E-state index in [1.807, 2.05) is 0 Å². The van der Waals surface area contributed by atoms with Crippen LogP contribution in [0.15, 0.2) is 18.2 Å². The van der Waals surface area contributed by atoms with Gasteiger partial charge in [0.05, 0.1) is 5.56 Å². The Morgan fingerprint density at radius 3 is 2.50 bits per heavy atom. The average molecular weight is 277 g/mol. The molecule has 0 aliphatic carbocycles. The van der Waals surface area contributed by atoms with Crippen molar-refractivity contribution in [2.24, 2.45) is 0 Å². The van der Waals surface area contributed by atoms with Crippen LogP contribution in [-0.4, -0.2) is 21.0 Å². The molecular formula is C10H4ClF3N2O2. The van der Waals surface area contributed by atoms with Crippen molar-refractivity contribution >= 4 is 28.6 Å². The SMILES string of the molecule is O=C(O)c1cc2ccc(Cl)nc2nc1C(F)(F)F. The number of aromatic carboxylic acids is 1. The number of rotatable bonds is 1. The van der Waals surface area contributed by atoms with E-state index in [0.29, 0.717) is 0 Å². The van der Waals surface area contributed by atoms with Gasteiger partial charge in [-0.25, -0.2) is 14.8 Å². The van der Waals surface area contributed by atoms with Gasteiger partial charge < -0.3 is 5.11 Å². The number of carboxylic acid groups (broad SMARTS) is 1. The fourth-order valence-electron chi connectivity index (χ4n) is 1.41. The summed E-state index contributed by atoms with van der Waals surface area (Å²) < 4.78 is 38.0. The van der Waals surface area contributed by atoms with Crippen molar-refractivity contribution in [3.05, 3.63) is 34.6 Å². The summed E-state index contributed by atoms with van der Waals surface area (Å²) in [6, 6.07) is 3.56. The average Bonchev–Trinajstić information content (AvgIpc) is 2.25. The number of carboxylic acids is 1. The van der Waals surface area contributed by atoms with Crippen LogP contribution in [0.3, 0.4) is 0 Å². The molecule has 0 saturated heterocycles. The first-order valence-electron chi connectivity index (χ1n) is 4.57. The highest BCUT2D eigenvalue weighted by Crippen LogP contribution is 2.32. The molecule has 8 heteroatoms. The molecule has 0 unspecified atom stereocenters. The molecule has 4 nitrogen and oxygen atoms in total. The van der Waals surface area contributed by atoms with E-state index >= 15 is 0 Å². The summed E-state index contributed by atoms with van der Waals surface area (Å²) in [7, 11) is 0. The molecule has 2 heterocycles. The monoisotopic (exact) mass is 276 g/mol. The number of halogens is 4. The van der Waals surface area contributed by atoms with Gasteiger partial charge in [-0.05, 0) is 18.2 Å². The van der Waals surface area contributed by atoms with Gasteiger partial charge in [0.25, 0.3) is 0 Å². The quantitative estimate of drug-likeness (QED) is 0.813. The lowest BCUT2D eigenvalue weighted by Gasteiger charge is -2.10. The van der Waals surface area contributed by atoms with Gasteiger partial charge in [0, 0.05) is 5.39 Å². The molecule has 0 aliphatic rings. The number of carbonyl (C=O) groups is 1. The van der Waals surface area contributed by atoms with E-state index in [4.69, 9.17) is 16.7 Å². The van der Waals surface area contributed by atoms with Crippen LogP contribution in [0.25, 0.3) is 11.0 Å². The number of alkyl halides is 3. The van der Waals surface area contributed by atoms with Gasteiger partial charge >= 0.3 is 12.1 Å². The van der Waals surface area contributed by atoms with Crippen molar-refractivity contribution in [1.82, 2.24) is 9.97 Å². The molecule has 0 spiro atoms. The predicted molar refractivity (Wildman–Crippen MR) is 56.5 cm³/mol. The Kier molecular flexibility index (Phi) is 2.86. The minimum atomic E-state index is -4.87. The lowest BCUT2D eigenvalue weighted by Crippen LogP contribution is -2.15. The normalized spacial score (nSPS) is 11.8. The number of hydrogen-bond acceptors (Lipinski definition) is 3. The van der Waals surface area contributed by atoms with Gasteiger partial charge in [0.15, 0.2) is 11.3 Å². The molecule has 0 atom stereocenters. The lowest BCUT2D eigenvalue weighted by molar-refractivity contribution is -0.141. The number of fused-ring (bicyclic) bond motifs is 1. The zero-order chi connectivity index (χ0) is 13.5. The summed E-state index contributed by atoms with van der Waals surface area (Å²) in [5, 5.41) is 8.91. The summed E-state index contributed by atoms with van der Waals surface area (Å²) in [5.74, 6) is -1.70. The molecule has 0 bridgehead atoms. The van der Waals surface area contributed by atoms with E-state index in [0.717, 1.165) is 6.07 Å². The Labute approximate surface area is 103 Å². The van der Waals surface area contributed by atoms with Crippen LogP contribution >= 0.6 is 11.6 Å². The standard InChI is InChI=1S/C10H4ClF3N2O2/c11-6-2-1-4-3-5(9(17)18)7(10(12,13)14)16-8(4)15-6/h1-3H,(H,17,18). The first-order chi connectivity index (χ1) is 8.29. The van der Waals surface area contributed by atoms with Crippen LogP contribution in [-0.2, 0) is 6.18 Å². The van der Waals surface area contributed by atoms with Gasteiger partial charge in [0.2, 0.25) is 0 Å². The highest BCUT2D eigenvalue weighted by atomic mass is 35.5. The molecule has 2 rings (SSSR count). The van der Waals surface area contributed by atoms with Gasteiger partial charge in [0.1, 0.15) is 5.15 Å².